The van der Waals surface area contributed by atoms with Crippen LogP contribution in [0, 0.1) is 0 Å². The number of hydrogen-bond acceptors (Lipinski definition) is 4. The largest absolute Gasteiger partial charge is 0.384 e. The van der Waals surface area contributed by atoms with Crippen LogP contribution in [0.1, 0.15) is 56.3 Å². The van der Waals surface area contributed by atoms with Crippen LogP contribution in [0.25, 0.3) is 0 Å². The minimum absolute atomic E-state index is 0.0985. The van der Waals surface area contributed by atoms with Gasteiger partial charge in [-0.15, -0.1) is 0 Å². The van der Waals surface area contributed by atoms with E-state index in [1.807, 2.05) is 7.05 Å². The lowest BCUT2D eigenvalue weighted by atomic mass is 9.98. The average molecular weight is 345 g/mol. The smallest absolute Gasteiger partial charge is 0.252 e. The minimum atomic E-state index is -0.0985. The summed E-state index contributed by atoms with van der Waals surface area (Å²) >= 11 is 0. The average Bonchev–Trinajstić information content (AvgIpc) is 2.61. The van der Waals surface area contributed by atoms with E-state index in [1.54, 1.807) is 12.1 Å². The first-order chi connectivity index (χ1) is 12.1. The molecule has 138 valence electrons. The van der Waals surface area contributed by atoms with Gasteiger partial charge >= 0.3 is 0 Å². The number of nitrogens with one attached hydrogen (secondary N) is 2. The van der Waals surface area contributed by atoms with Crippen LogP contribution in [0.3, 0.4) is 0 Å². The molecule has 0 saturated heterocycles. The number of likely N-dealkylation sites (N-methyl/N-ethyl adjacent to an activating group) is 1. The number of amides is 1. The highest BCUT2D eigenvalue weighted by Gasteiger charge is 2.06. The van der Waals surface area contributed by atoms with Crippen molar-refractivity contribution < 1.29 is 4.79 Å². The summed E-state index contributed by atoms with van der Waals surface area (Å²) in [4.78, 5) is 16.0. The van der Waals surface area contributed by atoms with E-state index in [4.69, 9.17) is 5.73 Å². The molecule has 0 fully saturated rings. The van der Waals surface area contributed by atoms with Crippen molar-refractivity contribution in [1.29, 1.82) is 0 Å². The van der Waals surface area contributed by atoms with Gasteiger partial charge in [0.1, 0.15) is 5.82 Å². The van der Waals surface area contributed by atoms with Crippen LogP contribution >= 0.6 is 0 Å². The summed E-state index contributed by atoms with van der Waals surface area (Å²) in [5.41, 5.74) is 8.98. The highest BCUT2D eigenvalue weighted by atomic mass is 16.1. The third-order valence-electron chi connectivity index (χ3n) is 3.97. The Bertz CT molecular complexity index is 568. The summed E-state index contributed by atoms with van der Waals surface area (Å²) in [5.74, 6) is 0.322. The van der Waals surface area contributed by atoms with Crippen LogP contribution in [0.5, 0.6) is 0 Å². The Morgan fingerprint density at radius 3 is 2.68 bits per heavy atom. The molecular formula is C20H32N4O. The molecule has 4 N–H and O–H groups in total. The molecule has 1 amide bonds. The Hall–Kier alpha value is -2.14. The second-order valence-electron chi connectivity index (χ2n) is 6.09. The molecule has 5 nitrogen and oxygen atoms in total. The molecule has 1 aromatic heterocycles. The molecule has 0 saturated carbocycles. The maximum Gasteiger partial charge on any atom is 0.252 e. The Morgan fingerprint density at radius 2 is 2.08 bits per heavy atom. The molecular weight excluding hydrogens is 312 g/mol. The van der Waals surface area contributed by atoms with Crippen LogP contribution < -0.4 is 16.4 Å². The van der Waals surface area contributed by atoms with Crippen molar-refractivity contribution >= 4 is 11.7 Å². The van der Waals surface area contributed by atoms with Gasteiger partial charge in [0.15, 0.2) is 0 Å². The Kier molecular flexibility index (Phi) is 10.2. The number of allylic oxidation sites excluding steroid dienone is 3. The highest BCUT2D eigenvalue weighted by Crippen LogP contribution is 2.18. The number of pyridine rings is 1. The fourth-order valence-electron chi connectivity index (χ4n) is 2.74. The number of nitrogens with zero attached hydrogens (tertiary/aromatic N) is 1. The van der Waals surface area contributed by atoms with E-state index in [1.165, 1.54) is 17.3 Å². The second-order valence-corrected chi connectivity index (χ2v) is 6.09. The van der Waals surface area contributed by atoms with Crippen molar-refractivity contribution in [2.45, 2.75) is 46.0 Å². The molecule has 0 aliphatic carbocycles. The molecule has 5 heteroatoms. The molecule has 1 aromatic rings. The normalized spacial score (nSPS) is 12.3. The molecule has 0 unspecified atom stereocenters. The maximum atomic E-state index is 12.0. The molecule has 0 aliphatic heterocycles. The van der Waals surface area contributed by atoms with Gasteiger partial charge in [-0.05, 0) is 57.4 Å². The Balaban J connectivity index is 2.44. The van der Waals surface area contributed by atoms with E-state index >= 15 is 0 Å². The highest BCUT2D eigenvalue weighted by molar-refractivity contribution is 5.93. The Labute approximate surface area is 151 Å². The molecule has 1 rings (SSSR count). The minimum Gasteiger partial charge on any atom is -0.384 e. The van der Waals surface area contributed by atoms with E-state index in [2.05, 4.69) is 41.6 Å². The molecule has 1 heterocycles. The zero-order valence-corrected chi connectivity index (χ0v) is 15.8. The van der Waals surface area contributed by atoms with E-state index in [0.29, 0.717) is 17.9 Å². The summed E-state index contributed by atoms with van der Waals surface area (Å²) < 4.78 is 0. The third kappa shape index (κ3) is 7.98. The summed E-state index contributed by atoms with van der Waals surface area (Å²) in [6.45, 7) is 5.88. The van der Waals surface area contributed by atoms with Gasteiger partial charge in [-0.1, -0.05) is 31.1 Å². The quantitative estimate of drug-likeness (QED) is 0.424. The number of nitrogens with two attached hydrogens (primary N) is 1. The maximum absolute atomic E-state index is 12.0. The lowest BCUT2D eigenvalue weighted by molar-refractivity contribution is 0.0952. The Morgan fingerprint density at radius 1 is 1.28 bits per heavy atom. The molecule has 0 spiro atoms. The van der Waals surface area contributed by atoms with Gasteiger partial charge in [0.25, 0.3) is 5.91 Å². The van der Waals surface area contributed by atoms with Crippen LogP contribution in [0.4, 0.5) is 5.82 Å². The number of anilines is 1. The van der Waals surface area contributed by atoms with Crippen LogP contribution in [-0.4, -0.2) is 31.0 Å². The number of rotatable bonds is 11. The second kappa shape index (κ2) is 12.3. The van der Waals surface area contributed by atoms with Gasteiger partial charge < -0.3 is 16.4 Å². The van der Waals surface area contributed by atoms with Gasteiger partial charge in [-0.2, -0.15) is 0 Å². The molecule has 0 radical (unpaired) electrons. The van der Waals surface area contributed by atoms with Crippen molar-refractivity contribution in [3.05, 3.63) is 47.2 Å². The topological polar surface area (TPSA) is 80.0 Å². The van der Waals surface area contributed by atoms with Crippen molar-refractivity contribution in [3.8, 4) is 0 Å². The first kappa shape index (κ1) is 20.9. The fraction of sp³-hybridized carbons (Fsp3) is 0.500. The van der Waals surface area contributed by atoms with E-state index < -0.39 is 0 Å². The van der Waals surface area contributed by atoms with Gasteiger partial charge in [0, 0.05) is 19.3 Å². The summed E-state index contributed by atoms with van der Waals surface area (Å²) in [5, 5.41) is 6.20. The predicted octanol–water partition coefficient (Wildman–Crippen LogP) is 3.46. The molecule has 0 aliphatic rings. The monoisotopic (exact) mass is 344 g/mol. The number of hydrogen-bond donors (Lipinski definition) is 3. The summed E-state index contributed by atoms with van der Waals surface area (Å²) in [6, 6.07) is 3.33. The number of carbonyl (C=O) groups is 1. The summed E-state index contributed by atoms with van der Waals surface area (Å²) in [7, 11) is 1.99. The molecule has 0 atom stereocenters. The lowest BCUT2D eigenvalue weighted by Gasteiger charge is -2.12. The SMILES string of the molecule is C/C=C\C(CCCCNC(=O)c1ccc(N)nc1)=C(/CCC)CNC. The van der Waals surface area contributed by atoms with Crippen molar-refractivity contribution in [3.63, 3.8) is 0 Å². The first-order valence-electron chi connectivity index (χ1n) is 9.10. The van der Waals surface area contributed by atoms with Crippen molar-refractivity contribution in [2.75, 3.05) is 25.9 Å². The number of carbonyl (C=O) groups excluding carboxylic acids is 1. The number of aromatic nitrogens is 1. The van der Waals surface area contributed by atoms with Crippen LogP contribution in [0.2, 0.25) is 0 Å². The van der Waals surface area contributed by atoms with Crippen LogP contribution in [0.15, 0.2) is 41.6 Å². The van der Waals surface area contributed by atoms with Crippen molar-refractivity contribution in [1.82, 2.24) is 15.6 Å². The molecule has 0 bridgehead atoms. The number of nitrogen functional groups attached to an aromatic ring is 1. The molecule has 0 aromatic carbocycles. The third-order valence-corrected chi connectivity index (χ3v) is 3.97. The van der Waals surface area contributed by atoms with E-state index in [0.717, 1.165) is 38.6 Å². The van der Waals surface area contributed by atoms with Gasteiger partial charge in [0.05, 0.1) is 5.56 Å². The lowest BCUT2D eigenvalue weighted by Crippen LogP contribution is -2.24. The van der Waals surface area contributed by atoms with Gasteiger partial charge in [0.2, 0.25) is 0 Å². The van der Waals surface area contributed by atoms with E-state index in [9.17, 15) is 4.79 Å². The van der Waals surface area contributed by atoms with Crippen molar-refractivity contribution in [2.24, 2.45) is 0 Å². The zero-order valence-electron chi connectivity index (χ0n) is 15.8. The van der Waals surface area contributed by atoms with E-state index in [-0.39, 0.29) is 5.91 Å². The molecule has 25 heavy (non-hydrogen) atoms. The predicted molar refractivity (Wildman–Crippen MR) is 106 cm³/mol. The summed E-state index contributed by atoms with van der Waals surface area (Å²) in [6.07, 6.45) is 11.2. The van der Waals surface area contributed by atoms with Crippen LogP contribution in [-0.2, 0) is 0 Å². The first-order valence-corrected chi connectivity index (χ1v) is 9.10. The number of unbranched alkanes of at least 4 members (excludes halogenated alkanes) is 1. The standard InChI is InChI=1S/C20H32N4O/c1-4-8-16(17(9-5-2)14-22-3)10-6-7-13-23-20(25)18-11-12-19(21)24-15-18/h4,8,11-12,15,22H,5-7,9-10,13-14H2,1-3H3,(H2,21,24)(H,23,25)/b8-4-,17-16-. The zero-order chi connectivity index (χ0) is 18.5. The fourth-order valence-corrected chi connectivity index (χ4v) is 2.74. The van der Waals surface area contributed by atoms with Gasteiger partial charge in [-0.25, -0.2) is 4.98 Å². The van der Waals surface area contributed by atoms with Gasteiger partial charge in [-0.3, -0.25) is 4.79 Å².